The number of amides is 4. The maximum atomic E-state index is 11.9. The zero-order valence-corrected chi connectivity index (χ0v) is 18.0. The maximum absolute atomic E-state index is 11.9. The van der Waals surface area contributed by atoms with Crippen LogP contribution in [0.2, 0.25) is 0 Å². The summed E-state index contributed by atoms with van der Waals surface area (Å²) in [6.45, 7) is 2.30. The summed E-state index contributed by atoms with van der Waals surface area (Å²) in [4.78, 5) is 38.5. The largest absolute Gasteiger partial charge is 0.377 e. The molecule has 12 heteroatoms. The Labute approximate surface area is 180 Å². The molecule has 0 spiro atoms. The van der Waals surface area contributed by atoms with Crippen molar-refractivity contribution in [1.29, 1.82) is 0 Å². The SMILES string of the molecule is NOCC(=O)NCCOCCOCCNC(=O)CCCC[C@@H]1SC[C@@H]2NC(=O)N[C@@H]21. The van der Waals surface area contributed by atoms with E-state index in [4.69, 9.17) is 15.4 Å². The smallest absolute Gasteiger partial charge is 0.315 e. The first kappa shape index (κ1) is 24.7. The molecule has 4 amide bonds. The number of hydrogen-bond acceptors (Lipinski definition) is 8. The Bertz CT molecular complexity index is 555. The number of carbonyl (C=O) groups is 3. The predicted octanol–water partition coefficient (Wildman–Crippen LogP) is -1.13. The van der Waals surface area contributed by atoms with Crippen LogP contribution in [-0.2, 0) is 23.9 Å². The molecule has 2 saturated heterocycles. The van der Waals surface area contributed by atoms with Crippen LogP contribution in [0.3, 0.4) is 0 Å². The minimum Gasteiger partial charge on any atom is -0.377 e. The molecule has 0 aromatic rings. The predicted molar refractivity (Wildman–Crippen MR) is 112 cm³/mol. The number of nitrogens with two attached hydrogens (primary N) is 1. The number of fused-ring (bicyclic) bond motifs is 1. The van der Waals surface area contributed by atoms with E-state index >= 15 is 0 Å². The Morgan fingerprint density at radius 1 is 1.03 bits per heavy atom. The van der Waals surface area contributed by atoms with Crippen molar-refractivity contribution in [2.45, 2.75) is 43.0 Å². The van der Waals surface area contributed by atoms with Gasteiger partial charge in [0.1, 0.15) is 6.61 Å². The second kappa shape index (κ2) is 14.4. The summed E-state index contributed by atoms with van der Waals surface area (Å²) in [5.41, 5.74) is 0. The van der Waals surface area contributed by atoms with Crippen LogP contribution in [0.15, 0.2) is 0 Å². The fourth-order valence-electron chi connectivity index (χ4n) is 3.34. The summed E-state index contributed by atoms with van der Waals surface area (Å²) in [5, 5.41) is 11.8. The average Bonchev–Trinajstić information content (AvgIpc) is 3.26. The van der Waals surface area contributed by atoms with E-state index < -0.39 is 0 Å². The van der Waals surface area contributed by atoms with E-state index in [2.05, 4.69) is 26.1 Å². The van der Waals surface area contributed by atoms with E-state index in [9.17, 15) is 14.4 Å². The van der Waals surface area contributed by atoms with Gasteiger partial charge < -0.3 is 30.7 Å². The summed E-state index contributed by atoms with van der Waals surface area (Å²) in [6.07, 6.45) is 3.32. The number of hydrogen-bond donors (Lipinski definition) is 5. The first-order valence-electron chi connectivity index (χ1n) is 10.3. The second-order valence-electron chi connectivity index (χ2n) is 7.10. The Morgan fingerprint density at radius 2 is 1.73 bits per heavy atom. The van der Waals surface area contributed by atoms with Gasteiger partial charge in [-0.25, -0.2) is 10.7 Å². The summed E-state index contributed by atoms with van der Waals surface area (Å²) >= 11 is 1.89. The fraction of sp³-hybridized carbons (Fsp3) is 0.833. The average molecular weight is 448 g/mol. The van der Waals surface area contributed by atoms with Gasteiger partial charge >= 0.3 is 6.03 Å². The minimum atomic E-state index is -0.293. The summed E-state index contributed by atoms with van der Waals surface area (Å²) < 4.78 is 10.7. The van der Waals surface area contributed by atoms with E-state index in [1.807, 2.05) is 11.8 Å². The molecule has 0 aliphatic carbocycles. The van der Waals surface area contributed by atoms with Crippen LogP contribution >= 0.6 is 11.8 Å². The molecule has 0 saturated carbocycles. The van der Waals surface area contributed by atoms with E-state index in [1.165, 1.54) is 0 Å². The first-order valence-corrected chi connectivity index (χ1v) is 11.3. The topological polar surface area (TPSA) is 153 Å². The third-order valence-corrected chi connectivity index (χ3v) is 6.31. The number of nitrogens with one attached hydrogen (secondary N) is 4. The number of thioether (sulfide) groups is 1. The van der Waals surface area contributed by atoms with Crippen LogP contribution in [0.1, 0.15) is 25.7 Å². The molecule has 0 aromatic heterocycles. The van der Waals surface area contributed by atoms with Crippen molar-refractivity contribution in [3.05, 3.63) is 0 Å². The van der Waals surface area contributed by atoms with Gasteiger partial charge in [0.15, 0.2) is 0 Å². The molecule has 2 heterocycles. The van der Waals surface area contributed by atoms with Crippen molar-refractivity contribution in [2.75, 3.05) is 51.9 Å². The quantitative estimate of drug-likeness (QED) is 0.113. The van der Waals surface area contributed by atoms with Gasteiger partial charge in [-0.1, -0.05) is 6.42 Å². The Balaban J connectivity index is 1.34. The molecule has 3 atom stereocenters. The molecular formula is C18H33N5O6S. The van der Waals surface area contributed by atoms with Crippen LogP contribution in [0.25, 0.3) is 0 Å². The molecule has 0 radical (unpaired) electrons. The molecular weight excluding hydrogens is 414 g/mol. The van der Waals surface area contributed by atoms with Crippen molar-refractivity contribution in [3.8, 4) is 0 Å². The number of carbonyl (C=O) groups excluding carboxylic acids is 3. The van der Waals surface area contributed by atoms with Crippen LogP contribution in [-0.4, -0.2) is 87.1 Å². The molecule has 2 fully saturated rings. The monoisotopic (exact) mass is 447 g/mol. The maximum Gasteiger partial charge on any atom is 0.315 e. The lowest BCUT2D eigenvalue weighted by atomic mass is 10.0. The first-order chi connectivity index (χ1) is 14.6. The van der Waals surface area contributed by atoms with Crippen LogP contribution in [0.5, 0.6) is 0 Å². The molecule has 2 aliphatic rings. The summed E-state index contributed by atoms with van der Waals surface area (Å²) in [7, 11) is 0. The highest BCUT2D eigenvalue weighted by atomic mass is 32.2. The molecule has 11 nitrogen and oxygen atoms in total. The highest BCUT2D eigenvalue weighted by molar-refractivity contribution is 8.00. The molecule has 2 aliphatic heterocycles. The van der Waals surface area contributed by atoms with Gasteiger partial charge in [0.25, 0.3) is 0 Å². The highest BCUT2D eigenvalue weighted by Crippen LogP contribution is 2.33. The van der Waals surface area contributed by atoms with Gasteiger partial charge in [-0.2, -0.15) is 11.8 Å². The van der Waals surface area contributed by atoms with E-state index in [0.717, 1.165) is 25.0 Å². The van der Waals surface area contributed by atoms with Gasteiger partial charge in [0.05, 0.1) is 38.5 Å². The molecule has 0 unspecified atom stereocenters. The van der Waals surface area contributed by atoms with Crippen LogP contribution < -0.4 is 27.2 Å². The van der Waals surface area contributed by atoms with E-state index in [-0.39, 0.29) is 36.5 Å². The zero-order chi connectivity index (χ0) is 21.6. The second-order valence-corrected chi connectivity index (χ2v) is 8.38. The lowest BCUT2D eigenvalue weighted by Gasteiger charge is -2.16. The van der Waals surface area contributed by atoms with Crippen molar-refractivity contribution in [3.63, 3.8) is 0 Å². The zero-order valence-electron chi connectivity index (χ0n) is 17.2. The summed E-state index contributed by atoms with van der Waals surface area (Å²) in [6, 6.07) is 0.409. The number of ether oxygens (including phenoxy) is 2. The number of urea groups is 1. The Hall–Kier alpha value is -1.60. The summed E-state index contributed by atoms with van der Waals surface area (Å²) in [5.74, 6) is 5.48. The molecule has 0 aromatic carbocycles. The van der Waals surface area contributed by atoms with Gasteiger partial charge in [-0.15, -0.1) is 0 Å². The van der Waals surface area contributed by atoms with Gasteiger partial charge in [-0.3, -0.25) is 14.4 Å². The Kier molecular flexibility index (Phi) is 11.9. The molecule has 30 heavy (non-hydrogen) atoms. The minimum absolute atomic E-state index is 0.0276. The highest BCUT2D eigenvalue weighted by Gasteiger charge is 2.42. The van der Waals surface area contributed by atoms with Crippen LogP contribution in [0, 0.1) is 0 Å². The standard InChI is InChI=1S/C18H33N5O6S/c19-29-11-16(25)21-6-8-28-10-9-27-7-5-20-15(24)4-2-1-3-14-17-13(12-30-14)22-18(26)23-17/h13-14,17H,1-12,19H2,(H,20,24)(H,21,25)(H2,22,23,26)/t13-,14-,17-/m0/s1. The van der Waals surface area contributed by atoms with Crippen molar-refractivity contribution < 1.29 is 28.7 Å². The van der Waals surface area contributed by atoms with Gasteiger partial charge in [0.2, 0.25) is 11.8 Å². The number of unbranched alkanes of at least 4 members (excludes halogenated alkanes) is 1. The molecule has 172 valence electrons. The van der Waals surface area contributed by atoms with Crippen LogP contribution in [0.4, 0.5) is 4.79 Å². The Morgan fingerprint density at radius 3 is 2.43 bits per heavy atom. The van der Waals surface area contributed by atoms with Crippen molar-refractivity contribution in [2.24, 2.45) is 5.90 Å². The van der Waals surface area contributed by atoms with Crippen molar-refractivity contribution in [1.82, 2.24) is 21.3 Å². The lowest BCUT2D eigenvalue weighted by Crippen LogP contribution is -2.36. The third kappa shape index (κ3) is 9.47. The molecule has 6 N–H and O–H groups in total. The normalized spacial score (nSPS) is 22.3. The van der Waals surface area contributed by atoms with E-state index in [1.54, 1.807) is 0 Å². The number of rotatable bonds is 16. The lowest BCUT2D eigenvalue weighted by molar-refractivity contribution is -0.126. The molecule has 0 bridgehead atoms. The fourth-order valence-corrected chi connectivity index (χ4v) is 4.88. The van der Waals surface area contributed by atoms with Gasteiger partial charge in [-0.05, 0) is 12.8 Å². The molecule has 2 rings (SSSR count). The third-order valence-electron chi connectivity index (χ3n) is 4.80. The van der Waals surface area contributed by atoms with Crippen molar-refractivity contribution >= 4 is 29.6 Å². The van der Waals surface area contributed by atoms with Gasteiger partial charge in [0, 0.05) is 30.5 Å². The van der Waals surface area contributed by atoms with E-state index in [0.29, 0.717) is 51.2 Å².